The maximum absolute atomic E-state index is 13.0. The molecule has 1 aliphatic heterocycles. The number of sulfonamides is 1. The number of hydrogen-bond acceptors (Lipinski definition) is 4. The first-order valence-electron chi connectivity index (χ1n) is 10.4. The van der Waals surface area contributed by atoms with Crippen LogP contribution in [-0.2, 0) is 27.8 Å². The van der Waals surface area contributed by atoms with Gasteiger partial charge < -0.3 is 15.4 Å². The van der Waals surface area contributed by atoms with E-state index in [1.165, 1.54) is 12.1 Å². The van der Waals surface area contributed by atoms with Gasteiger partial charge in [0.15, 0.2) is 5.96 Å². The second-order valence-corrected chi connectivity index (χ2v) is 9.07. The average Bonchev–Trinajstić information content (AvgIpc) is 3.30. The van der Waals surface area contributed by atoms with Crippen molar-refractivity contribution in [3.8, 4) is 0 Å². The maximum atomic E-state index is 13.0. The number of ether oxygens (including phenoxy) is 1. The molecule has 2 aromatic carbocycles. The molecule has 1 aliphatic rings. The molecule has 7 nitrogen and oxygen atoms in total. The molecule has 0 bridgehead atoms. The van der Waals surface area contributed by atoms with Crippen molar-refractivity contribution < 1.29 is 17.5 Å². The highest BCUT2D eigenvalue weighted by Gasteiger charge is 2.20. The Hall–Kier alpha value is -2.49. The molecular weight excluding hydrogens is 419 g/mol. The fourth-order valence-corrected chi connectivity index (χ4v) is 4.23. The lowest BCUT2D eigenvalue weighted by molar-refractivity contribution is 0.114. The van der Waals surface area contributed by atoms with E-state index >= 15 is 0 Å². The van der Waals surface area contributed by atoms with Gasteiger partial charge in [-0.2, -0.15) is 0 Å². The highest BCUT2D eigenvalue weighted by molar-refractivity contribution is 7.89. The van der Waals surface area contributed by atoms with Crippen LogP contribution >= 0.6 is 0 Å². The molecule has 9 heteroatoms. The Morgan fingerprint density at radius 1 is 1.10 bits per heavy atom. The zero-order chi connectivity index (χ0) is 22.1. The van der Waals surface area contributed by atoms with Crippen molar-refractivity contribution in [2.45, 2.75) is 43.9 Å². The smallest absolute Gasteiger partial charge is 0.240 e. The third-order valence-corrected chi connectivity index (χ3v) is 6.34. The van der Waals surface area contributed by atoms with Crippen molar-refractivity contribution in [1.29, 1.82) is 0 Å². The Balaban J connectivity index is 1.55. The number of aliphatic imine (C=N–C) groups is 1. The molecule has 1 unspecified atom stereocenters. The normalized spacial score (nSPS) is 17.0. The molecule has 1 atom stereocenters. The molecule has 31 heavy (non-hydrogen) atoms. The molecule has 3 rings (SSSR count). The number of nitrogens with zero attached hydrogens (tertiary/aromatic N) is 1. The Labute approximate surface area is 183 Å². The Morgan fingerprint density at radius 3 is 2.45 bits per heavy atom. The summed E-state index contributed by atoms with van der Waals surface area (Å²) in [5.41, 5.74) is 1.83. The van der Waals surface area contributed by atoms with Crippen molar-refractivity contribution in [3.05, 3.63) is 65.5 Å². The quantitative estimate of drug-likeness (QED) is 0.405. The number of benzene rings is 2. The molecule has 1 fully saturated rings. The molecule has 0 saturated carbocycles. The molecule has 0 spiro atoms. The van der Waals surface area contributed by atoms with Gasteiger partial charge in [0.1, 0.15) is 5.82 Å². The van der Waals surface area contributed by atoms with Crippen LogP contribution in [-0.4, -0.2) is 40.2 Å². The van der Waals surface area contributed by atoms with Crippen LogP contribution < -0.4 is 15.4 Å². The van der Waals surface area contributed by atoms with Crippen LogP contribution in [0, 0.1) is 5.82 Å². The van der Waals surface area contributed by atoms with Gasteiger partial charge in [-0.25, -0.2) is 22.5 Å². The van der Waals surface area contributed by atoms with E-state index in [0.29, 0.717) is 38.7 Å². The van der Waals surface area contributed by atoms with E-state index in [2.05, 4.69) is 20.3 Å². The number of hydrogen-bond donors (Lipinski definition) is 3. The summed E-state index contributed by atoms with van der Waals surface area (Å²) in [6, 6.07) is 13.0. The van der Waals surface area contributed by atoms with E-state index in [-0.39, 0.29) is 16.8 Å². The van der Waals surface area contributed by atoms with Crippen molar-refractivity contribution in [3.63, 3.8) is 0 Å². The van der Waals surface area contributed by atoms with Gasteiger partial charge in [-0.05, 0) is 55.2 Å². The third-order valence-electron chi connectivity index (χ3n) is 4.90. The molecule has 0 aliphatic carbocycles. The average molecular weight is 449 g/mol. The van der Waals surface area contributed by atoms with E-state index in [1.54, 1.807) is 36.4 Å². The van der Waals surface area contributed by atoms with Gasteiger partial charge in [0.25, 0.3) is 0 Å². The molecule has 1 saturated heterocycles. The van der Waals surface area contributed by atoms with E-state index in [4.69, 9.17) is 4.74 Å². The zero-order valence-corrected chi connectivity index (χ0v) is 18.4. The van der Waals surface area contributed by atoms with Crippen LogP contribution in [0.2, 0.25) is 0 Å². The molecule has 0 amide bonds. The lowest BCUT2D eigenvalue weighted by Gasteiger charge is -2.12. The second kappa shape index (κ2) is 11.2. The van der Waals surface area contributed by atoms with Gasteiger partial charge in [-0.1, -0.05) is 24.3 Å². The van der Waals surface area contributed by atoms with E-state index in [9.17, 15) is 12.8 Å². The van der Waals surface area contributed by atoms with Gasteiger partial charge in [0.05, 0.1) is 17.5 Å². The molecular formula is C22H29FN4O3S. The number of nitrogens with one attached hydrogen (secondary N) is 3. The summed E-state index contributed by atoms with van der Waals surface area (Å²) < 4.78 is 46.0. The minimum Gasteiger partial charge on any atom is -0.377 e. The monoisotopic (exact) mass is 448 g/mol. The minimum atomic E-state index is -3.56. The SMILES string of the molecule is CCNC(=NCc1ccc(S(=O)(=O)NCC2CCCO2)cc1)NCc1ccc(F)cc1. The Morgan fingerprint density at radius 2 is 1.81 bits per heavy atom. The van der Waals surface area contributed by atoms with E-state index < -0.39 is 10.0 Å². The van der Waals surface area contributed by atoms with E-state index in [0.717, 1.165) is 24.0 Å². The van der Waals surface area contributed by atoms with E-state index in [1.807, 2.05) is 6.92 Å². The second-order valence-electron chi connectivity index (χ2n) is 7.31. The summed E-state index contributed by atoms with van der Waals surface area (Å²) in [4.78, 5) is 4.76. The van der Waals surface area contributed by atoms with Crippen LogP contribution in [0.1, 0.15) is 30.9 Å². The number of halogens is 1. The molecule has 0 radical (unpaired) electrons. The lowest BCUT2D eigenvalue weighted by Crippen LogP contribution is -2.36. The number of guanidine groups is 1. The maximum Gasteiger partial charge on any atom is 0.240 e. The van der Waals surface area contributed by atoms with Gasteiger partial charge in [0, 0.05) is 26.2 Å². The predicted molar refractivity (Wildman–Crippen MR) is 119 cm³/mol. The largest absolute Gasteiger partial charge is 0.377 e. The first kappa shape index (κ1) is 23.2. The van der Waals surface area contributed by atoms with Crippen LogP contribution in [0.25, 0.3) is 0 Å². The van der Waals surface area contributed by atoms with Gasteiger partial charge in [-0.3, -0.25) is 0 Å². The summed E-state index contributed by atoms with van der Waals surface area (Å²) in [6.07, 6.45) is 1.80. The van der Waals surface area contributed by atoms with Gasteiger partial charge in [0.2, 0.25) is 10.0 Å². The molecule has 2 aromatic rings. The third kappa shape index (κ3) is 7.30. The molecule has 168 valence electrons. The van der Waals surface area contributed by atoms with Crippen molar-refractivity contribution in [2.75, 3.05) is 19.7 Å². The van der Waals surface area contributed by atoms with Crippen LogP contribution in [0.3, 0.4) is 0 Å². The van der Waals surface area contributed by atoms with Crippen molar-refractivity contribution in [1.82, 2.24) is 15.4 Å². The van der Waals surface area contributed by atoms with Crippen molar-refractivity contribution >= 4 is 16.0 Å². The number of rotatable bonds is 9. The van der Waals surface area contributed by atoms with Crippen molar-refractivity contribution in [2.24, 2.45) is 4.99 Å². The Bertz CT molecular complexity index is 957. The highest BCUT2D eigenvalue weighted by Crippen LogP contribution is 2.14. The Kier molecular flexibility index (Phi) is 8.39. The predicted octanol–water partition coefficient (Wildman–Crippen LogP) is 2.54. The van der Waals surface area contributed by atoms with Gasteiger partial charge in [-0.15, -0.1) is 0 Å². The summed E-state index contributed by atoms with van der Waals surface area (Å²) in [5, 5.41) is 6.37. The molecule has 0 aromatic heterocycles. The van der Waals surface area contributed by atoms with Crippen LogP contribution in [0.15, 0.2) is 58.4 Å². The summed E-state index contributed by atoms with van der Waals surface area (Å²) in [5.74, 6) is 0.360. The first-order chi connectivity index (χ1) is 15.0. The summed E-state index contributed by atoms with van der Waals surface area (Å²) in [7, 11) is -3.56. The standard InChI is InChI=1S/C22H29FN4O3S/c1-2-24-22(25-14-17-5-9-19(23)10-6-17)26-15-18-7-11-21(12-8-18)31(28,29)27-16-20-4-3-13-30-20/h5-12,20,27H,2-4,13-16H2,1H3,(H2,24,25,26). The van der Waals surface area contributed by atoms with Crippen LogP contribution in [0.4, 0.5) is 4.39 Å². The topological polar surface area (TPSA) is 91.8 Å². The molecule has 1 heterocycles. The summed E-state index contributed by atoms with van der Waals surface area (Å²) >= 11 is 0. The highest BCUT2D eigenvalue weighted by atomic mass is 32.2. The lowest BCUT2D eigenvalue weighted by atomic mass is 10.2. The fourth-order valence-electron chi connectivity index (χ4n) is 3.17. The summed E-state index contributed by atoms with van der Waals surface area (Å²) in [6.45, 7) is 4.55. The fraction of sp³-hybridized carbons (Fsp3) is 0.409. The van der Waals surface area contributed by atoms with Gasteiger partial charge >= 0.3 is 0 Å². The van der Waals surface area contributed by atoms with Crippen LogP contribution in [0.5, 0.6) is 0 Å². The minimum absolute atomic E-state index is 0.0460. The zero-order valence-electron chi connectivity index (χ0n) is 17.6. The first-order valence-corrected chi connectivity index (χ1v) is 11.9. The molecule has 3 N–H and O–H groups in total.